The van der Waals surface area contributed by atoms with E-state index in [0.29, 0.717) is 5.69 Å². The van der Waals surface area contributed by atoms with E-state index < -0.39 is 5.91 Å². The van der Waals surface area contributed by atoms with Crippen LogP contribution in [0.2, 0.25) is 0 Å². The number of rotatable bonds is 3. The van der Waals surface area contributed by atoms with Crippen LogP contribution in [0.4, 0.5) is 21.5 Å². The van der Waals surface area contributed by atoms with Crippen molar-refractivity contribution in [3.63, 3.8) is 0 Å². The summed E-state index contributed by atoms with van der Waals surface area (Å²) in [5.41, 5.74) is 13.1. The summed E-state index contributed by atoms with van der Waals surface area (Å²) in [5.74, 6) is -0.876. The summed E-state index contributed by atoms with van der Waals surface area (Å²) >= 11 is 0. The molecule has 2 aromatic carbocycles. The Labute approximate surface area is 110 Å². The van der Waals surface area contributed by atoms with Crippen LogP contribution in [0.3, 0.4) is 0 Å². The number of halogens is 1. The third kappa shape index (κ3) is 2.65. The Kier molecular flexibility index (Phi) is 3.37. The number of nitrogen functional groups attached to an aromatic ring is 1. The lowest BCUT2D eigenvalue weighted by atomic mass is 10.1. The second kappa shape index (κ2) is 4.97. The Morgan fingerprint density at radius 1 is 1.11 bits per heavy atom. The molecule has 0 aliphatic rings. The molecule has 0 unspecified atom stereocenters. The number of carbonyl (C=O) groups is 1. The summed E-state index contributed by atoms with van der Waals surface area (Å²) in [6, 6.07) is 11.0. The van der Waals surface area contributed by atoms with E-state index in [2.05, 4.69) is 0 Å². The highest BCUT2D eigenvalue weighted by atomic mass is 19.1. The standard InChI is InChI=1S/C14H14FN3O/c1-18(10-4-2-9(15)3-5-10)11-6-7-13(16)12(8-11)14(17)19/h2-8H,16H2,1H3,(H2,17,19). The molecule has 2 aromatic rings. The molecular formula is C14H14FN3O. The van der Waals surface area contributed by atoms with Gasteiger partial charge in [-0.25, -0.2) is 4.39 Å². The first kappa shape index (κ1) is 12.9. The number of hydrogen-bond acceptors (Lipinski definition) is 3. The zero-order valence-electron chi connectivity index (χ0n) is 10.4. The molecule has 1 amide bonds. The molecule has 5 heteroatoms. The summed E-state index contributed by atoms with van der Waals surface area (Å²) in [4.78, 5) is 13.1. The van der Waals surface area contributed by atoms with Crippen molar-refractivity contribution in [2.45, 2.75) is 0 Å². The van der Waals surface area contributed by atoms with Crippen LogP contribution in [0, 0.1) is 5.82 Å². The fraction of sp³-hybridized carbons (Fsp3) is 0.0714. The van der Waals surface area contributed by atoms with Crippen molar-refractivity contribution in [2.24, 2.45) is 5.73 Å². The highest BCUT2D eigenvalue weighted by molar-refractivity contribution is 5.99. The van der Waals surface area contributed by atoms with Crippen LogP contribution in [0.25, 0.3) is 0 Å². The van der Waals surface area contributed by atoms with E-state index in [0.717, 1.165) is 11.4 Å². The lowest BCUT2D eigenvalue weighted by molar-refractivity contribution is 0.100. The normalized spacial score (nSPS) is 10.2. The Morgan fingerprint density at radius 2 is 1.68 bits per heavy atom. The van der Waals surface area contributed by atoms with E-state index in [1.165, 1.54) is 12.1 Å². The van der Waals surface area contributed by atoms with Crippen LogP contribution in [0.1, 0.15) is 10.4 Å². The van der Waals surface area contributed by atoms with Crippen LogP contribution < -0.4 is 16.4 Å². The van der Waals surface area contributed by atoms with Gasteiger partial charge in [0, 0.05) is 24.1 Å². The van der Waals surface area contributed by atoms with Crippen molar-refractivity contribution in [2.75, 3.05) is 17.7 Å². The van der Waals surface area contributed by atoms with Crippen molar-refractivity contribution in [1.29, 1.82) is 0 Å². The number of amides is 1. The Bertz CT molecular complexity index is 611. The van der Waals surface area contributed by atoms with Gasteiger partial charge in [-0.3, -0.25) is 4.79 Å². The number of anilines is 3. The molecular weight excluding hydrogens is 245 g/mol. The van der Waals surface area contributed by atoms with Gasteiger partial charge in [-0.1, -0.05) is 0 Å². The van der Waals surface area contributed by atoms with Gasteiger partial charge in [0.25, 0.3) is 5.91 Å². The van der Waals surface area contributed by atoms with Gasteiger partial charge in [-0.2, -0.15) is 0 Å². The molecule has 4 N–H and O–H groups in total. The second-order valence-electron chi connectivity index (χ2n) is 4.17. The molecule has 0 saturated heterocycles. The van der Waals surface area contributed by atoms with Crippen molar-refractivity contribution in [3.8, 4) is 0 Å². The Morgan fingerprint density at radius 3 is 2.26 bits per heavy atom. The molecule has 19 heavy (non-hydrogen) atoms. The van der Waals surface area contributed by atoms with Gasteiger partial charge in [-0.05, 0) is 42.5 Å². The predicted octanol–water partition coefficient (Wildman–Crippen LogP) is 2.27. The molecule has 0 aliphatic heterocycles. The minimum atomic E-state index is -0.577. The van der Waals surface area contributed by atoms with E-state index in [1.807, 2.05) is 11.9 Å². The average molecular weight is 259 g/mol. The van der Waals surface area contributed by atoms with Gasteiger partial charge in [0.2, 0.25) is 0 Å². The summed E-state index contributed by atoms with van der Waals surface area (Å²) in [5, 5.41) is 0. The smallest absolute Gasteiger partial charge is 0.250 e. The molecule has 0 spiro atoms. The number of primary amides is 1. The molecule has 98 valence electrons. The summed E-state index contributed by atoms with van der Waals surface area (Å²) in [7, 11) is 1.81. The maximum Gasteiger partial charge on any atom is 0.250 e. The summed E-state index contributed by atoms with van der Waals surface area (Å²) < 4.78 is 12.9. The molecule has 0 atom stereocenters. The highest BCUT2D eigenvalue weighted by Gasteiger charge is 2.10. The zero-order chi connectivity index (χ0) is 14.0. The number of benzene rings is 2. The first-order valence-electron chi connectivity index (χ1n) is 5.67. The minimum absolute atomic E-state index is 0.270. The van der Waals surface area contributed by atoms with E-state index in [-0.39, 0.29) is 11.4 Å². The molecule has 4 nitrogen and oxygen atoms in total. The fourth-order valence-electron chi connectivity index (χ4n) is 1.78. The maximum atomic E-state index is 12.9. The van der Waals surface area contributed by atoms with Crippen LogP contribution in [0.15, 0.2) is 42.5 Å². The molecule has 0 bridgehead atoms. The summed E-state index contributed by atoms with van der Waals surface area (Å²) in [6.07, 6.45) is 0. The molecule has 0 fully saturated rings. The van der Waals surface area contributed by atoms with E-state index in [1.54, 1.807) is 30.3 Å². The van der Waals surface area contributed by atoms with E-state index >= 15 is 0 Å². The monoisotopic (exact) mass is 259 g/mol. The first-order valence-corrected chi connectivity index (χ1v) is 5.67. The average Bonchev–Trinajstić information content (AvgIpc) is 2.39. The molecule has 0 heterocycles. The van der Waals surface area contributed by atoms with Crippen LogP contribution in [0.5, 0.6) is 0 Å². The van der Waals surface area contributed by atoms with Gasteiger partial charge < -0.3 is 16.4 Å². The molecule has 0 saturated carbocycles. The summed E-state index contributed by atoms with van der Waals surface area (Å²) in [6.45, 7) is 0. The van der Waals surface area contributed by atoms with Crippen molar-refractivity contribution in [3.05, 3.63) is 53.8 Å². The third-order valence-corrected chi connectivity index (χ3v) is 2.90. The molecule has 2 rings (SSSR count). The maximum absolute atomic E-state index is 12.9. The van der Waals surface area contributed by atoms with Crippen molar-refractivity contribution < 1.29 is 9.18 Å². The van der Waals surface area contributed by atoms with Gasteiger partial charge >= 0.3 is 0 Å². The van der Waals surface area contributed by atoms with Crippen LogP contribution >= 0.6 is 0 Å². The fourth-order valence-corrected chi connectivity index (χ4v) is 1.78. The number of carbonyl (C=O) groups excluding carboxylic acids is 1. The van der Waals surface area contributed by atoms with Crippen LogP contribution in [-0.2, 0) is 0 Å². The largest absolute Gasteiger partial charge is 0.398 e. The van der Waals surface area contributed by atoms with Crippen molar-refractivity contribution in [1.82, 2.24) is 0 Å². The van der Waals surface area contributed by atoms with Crippen molar-refractivity contribution >= 4 is 23.0 Å². The molecule has 0 radical (unpaired) electrons. The van der Waals surface area contributed by atoms with Gasteiger partial charge in [0.15, 0.2) is 0 Å². The quantitative estimate of drug-likeness (QED) is 0.830. The first-order chi connectivity index (χ1) is 8.99. The van der Waals surface area contributed by atoms with Gasteiger partial charge in [0.05, 0.1) is 5.56 Å². The highest BCUT2D eigenvalue weighted by Crippen LogP contribution is 2.26. The SMILES string of the molecule is CN(c1ccc(F)cc1)c1ccc(N)c(C(N)=O)c1. The van der Waals surface area contributed by atoms with E-state index in [9.17, 15) is 9.18 Å². The topological polar surface area (TPSA) is 72.3 Å². The number of nitrogens with two attached hydrogens (primary N) is 2. The number of nitrogens with zero attached hydrogens (tertiary/aromatic N) is 1. The lowest BCUT2D eigenvalue weighted by Gasteiger charge is -2.20. The number of hydrogen-bond donors (Lipinski definition) is 2. The van der Waals surface area contributed by atoms with Crippen LogP contribution in [-0.4, -0.2) is 13.0 Å². The minimum Gasteiger partial charge on any atom is -0.398 e. The van der Waals surface area contributed by atoms with E-state index in [4.69, 9.17) is 11.5 Å². The Balaban J connectivity index is 2.38. The zero-order valence-corrected chi connectivity index (χ0v) is 10.4. The predicted molar refractivity (Wildman–Crippen MR) is 73.8 cm³/mol. The lowest BCUT2D eigenvalue weighted by Crippen LogP contribution is -2.16. The second-order valence-corrected chi connectivity index (χ2v) is 4.17. The molecule has 0 aliphatic carbocycles. The van der Waals surface area contributed by atoms with Gasteiger partial charge in [-0.15, -0.1) is 0 Å². The Hall–Kier alpha value is -2.56. The molecule has 0 aromatic heterocycles. The van der Waals surface area contributed by atoms with Gasteiger partial charge in [0.1, 0.15) is 5.82 Å². The third-order valence-electron chi connectivity index (χ3n) is 2.90.